The molecule has 2 N–H and O–H groups in total. The summed E-state index contributed by atoms with van der Waals surface area (Å²) >= 11 is 6.01. The average Bonchev–Trinajstić information content (AvgIpc) is 2.46. The van der Waals surface area contributed by atoms with Crippen LogP contribution >= 0.6 is 11.6 Å². The lowest BCUT2D eigenvalue weighted by Crippen LogP contribution is -2.38. The van der Waals surface area contributed by atoms with Crippen LogP contribution in [0.3, 0.4) is 0 Å². The summed E-state index contributed by atoms with van der Waals surface area (Å²) in [6.45, 7) is 1.87. The zero-order valence-corrected chi connectivity index (χ0v) is 8.36. The summed E-state index contributed by atoms with van der Waals surface area (Å²) in [5.74, 6) is 0. The quantitative estimate of drug-likeness (QED) is 0.747. The molecule has 0 atom stereocenters. The highest BCUT2D eigenvalue weighted by Crippen LogP contribution is 2.28. The fourth-order valence-corrected chi connectivity index (χ4v) is 1.54. The van der Waals surface area contributed by atoms with Gasteiger partial charge >= 0.3 is 0 Å². The van der Waals surface area contributed by atoms with E-state index in [1.54, 1.807) is 17.3 Å². The summed E-state index contributed by atoms with van der Waals surface area (Å²) in [7, 11) is 0. The highest BCUT2D eigenvalue weighted by molar-refractivity contribution is 6.33. The van der Waals surface area contributed by atoms with Crippen molar-refractivity contribution < 1.29 is 5.21 Å². The van der Waals surface area contributed by atoms with Gasteiger partial charge < -0.3 is 0 Å². The normalized spacial score (nSPS) is 16.1. The van der Waals surface area contributed by atoms with E-state index < -0.39 is 0 Å². The van der Waals surface area contributed by atoms with Crippen LogP contribution in [0.25, 0.3) is 0 Å². The van der Waals surface area contributed by atoms with Crippen molar-refractivity contribution in [2.75, 3.05) is 5.01 Å². The van der Waals surface area contributed by atoms with Gasteiger partial charge in [0.25, 0.3) is 0 Å². The van der Waals surface area contributed by atoms with Gasteiger partial charge in [0.15, 0.2) is 0 Å². The Morgan fingerprint density at radius 1 is 1.36 bits per heavy atom. The Balaban J connectivity index is 2.34. The molecule has 0 amide bonds. The van der Waals surface area contributed by atoms with E-state index in [4.69, 9.17) is 11.6 Å². The second-order valence-electron chi connectivity index (χ2n) is 3.00. The monoisotopic (exact) mass is 211 g/mol. The lowest BCUT2D eigenvalue weighted by Gasteiger charge is -2.21. The number of hydroxylamine groups is 1. The Labute approximate surface area is 86.9 Å². The van der Waals surface area contributed by atoms with Gasteiger partial charge in [-0.1, -0.05) is 23.7 Å². The number of hydrogen-bond acceptors (Lipinski definition) is 4. The van der Waals surface area contributed by atoms with E-state index in [0.717, 1.165) is 16.6 Å². The summed E-state index contributed by atoms with van der Waals surface area (Å²) in [5.41, 5.74) is 4.37. The van der Waals surface area contributed by atoms with Crippen molar-refractivity contribution in [3.05, 3.63) is 41.2 Å². The fourth-order valence-electron chi connectivity index (χ4n) is 1.32. The summed E-state index contributed by atoms with van der Waals surface area (Å²) in [5, 5.41) is 12.4. The van der Waals surface area contributed by atoms with Gasteiger partial charge in [-0.3, -0.25) is 10.2 Å². The second kappa shape index (κ2) is 3.49. The van der Waals surface area contributed by atoms with Gasteiger partial charge in [-0.15, -0.1) is 5.53 Å². The summed E-state index contributed by atoms with van der Waals surface area (Å²) in [6.07, 6.45) is 1.56. The van der Waals surface area contributed by atoms with E-state index in [0.29, 0.717) is 5.02 Å². The van der Waals surface area contributed by atoms with Gasteiger partial charge in [0.05, 0.1) is 22.6 Å². The van der Waals surface area contributed by atoms with Gasteiger partial charge in [-0.2, -0.15) is 5.17 Å². The summed E-state index contributed by atoms with van der Waals surface area (Å²) < 4.78 is 0. The molecule has 0 bridgehead atoms. The van der Waals surface area contributed by atoms with Crippen molar-refractivity contribution in [2.24, 2.45) is 0 Å². The molecule has 1 aromatic rings. The predicted octanol–water partition coefficient (Wildman–Crippen LogP) is 2.13. The Kier molecular flexibility index (Phi) is 2.33. The lowest BCUT2D eigenvalue weighted by atomic mass is 10.3. The molecule has 0 aliphatic carbocycles. The van der Waals surface area contributed by atoms with Crippen molar-refractivity contribution in [3.63, 3.8) is 0 Å². The van der Waals surface area contributed by atoms with Crippen LogP contribution in [-0.4, -0.2) is 10.4 Å². The number of para-hydroxylation sites is 1. The highest BCUT2D eigenvalue weighted by atomic mass is 35.5. The zero-order valence-electron chi connectivity index (χ0n) is 7.61. The van der Waals surface area contributed by atoms with Gasteiger partial charge in [0.1, 0.15) is 0 Å². The molecule has 1 aliphatic rings. The third-order valence-corrected chi connectivity index (χ3v) is 2.28. The van der Waals surface area contributed by atoms with E-state index in [1.807, 2.05) is 25.1 Å². The lowest BCUT2D eigenvalue weighted by molar-refractivity contribution is -0.0791. The Morgan fingerprint density at radius 3 is 2.64 bits per heavy atom. The second-order valence-corrected chi connectivity index (χ2v) is 3.41. The fraction of sp³-hybridized carbons (Fsp3) is 0.111. The van der Waals surface area contributed by atoms with Crippen molar-refractivity contribution in [3.8, 4) is 0 Å². The van der Waals surface area contributed by atoms with Crippen LogP contribution in [0, 0.1) is 0 Å². The molecular weight excluding hydrogens is 202 g/mol. The molecule has 0 unspecified atom stereocenters. The molecule has 0 aromatic heterocycles. The Hall–Kier alpha value is -1.23. The van der Waals surface area contributed by atoms with Crippen LogP contribution < -0.4 is 10.5 Å². The molecule has 5 heteroatoms. The minimum Gasteiger partial charge on any atom is -0.272 e. The molecule has 0 saturated carbocycles. The molecule has 14 heavy (non-hydrogen) atoms. The molecule has 1 aliphatic heterocycles. The number of anilines is 1. The zero-order chi connectivity index (χ0) is 10.1. The molecule has 0 spiro atoms. The largest absolute Gasteiger partial charge is 0.272 e. The highest BCUT2D eigenvalue weighted by Gasteiger charge is 2.19. The van der Waals surface area contributed by atoms with Gasteiger partial charge in [0, 0.05) is 0 Å². The molecule has 1 aromatic carbocycles. The van der Waals surface area contributed by atoms with Crippen molar-refractivity contribution in [1.29, 1.82) is 0 Å². The number of nitrogens with zero attached hydrogens (tertiary/aromatic N) is 2. The standard InChI is InChI=1S/C9H10ClN3O/c1-7-6-12(14)11-13(7)9-5-3-2-4-8(9)10/h2-6,11,14H,1H3. The molecular formula is C9H10ClN3O. The molecule has 1 heterocycles. The summed E-state index contributed by atoms with van der Waals surface area (Å²) in [4.78, 5) is 0. The number of hydrogen-bond donors (Lipinski definition) is 2. The van der Waals surface area contributed by atoms with Crippen LogP contribution in [0.4, 0.5) is 5.69 Å². The Morgan fingerprint density at radius 2 is 2.07 bits per heavy atom. The average molecular weight is 212 g/mol. The third-order valence-electron chi connectivity index (χ3n) is 1.96. The van der Waals surface area contributed by atoms with Crippen molar-refractivity contribution >= 4 is 17.3 Å². The predicted molar refractivity (Wildman–Crippen MR) is 54.4 cm³/mol. The minimum absolute atomic E-state index is 0.628. The number of allylic oxidation sites excluding steroid dienone is 1. The number of hydrazine groups is 2. The first-order valence-corrected chi connectivity index (χ1v) is 4.54. The van der Waals surface area contributed by atoms with Crippen molar-refractivity contribution in [2.45, 2.75) is 6.92 Å². The molecule has 2 rings (SSSR count). The number of rotatable bonds is 1. The molecule has 74 valence electrons. The first-order valence-electron chi connectivity index (χ1n) is 4.16. The van der Waals surface area contributed by atoms with Gasteiger partial charge in [-0.25, -0.2) is 0 Å². The minimum atomic E-state index is 0.628. The van der Waals surface area contributed by atoms with Crippen LogP contribution in [0.5, 0.6) is 0 Å². The number of benzene rings is 1. The van der Waals surface area contributed by atoms with Crippen LogP contribution in [0.15, 0.2) is 36.2 Å². The maximum atomic E-state index is 9.18. The topological polar surface area (TPSA) is 38.7 Å². The van der Waals surface area contributed by atoms with E-state index in [2.05, 4.69) is 5.53 Å². The Bertz CT molecular complexity index is 380. The maximum absolute atomic E-state index is 9.18. The SMILES string of the molecule is CC1=CN(O)NN1c1ccccc1Cl. The molecule has 0 fully saturated rings. The van der Waals surface area contributed by atoms with Crippen LogP contribution in [0.2, 0.25) is 5.02 Å². The van der Waals surface area contributed by atoms with E-state index >= 15 is 0 Å². The first kappa shape index (κ1) is 9.33. The molecule has 4 nitrogen and oxygen atoms in total. The number of halogens is 1. The van der Waals surface area contributed by atoms with Crippen molar-refractivity contribution in [1.82, 2.24) is 10.7 Å². The van der Waals surface area contributed by atoms with Crippen LogP contribution in [0.1, 0.15) is 6.92 Å². The van der Waals surface area contributed by atoms with E-state index in [-0.39, 0.29) is 0 Å². The van der Waals surface area contributed by atoms with E-state index in [9.17, 15) is 5.21 Å². The van der Waals surface area contributed by atoms with E-state index in [1.165, 1.54) is 0 Å². The maximum Gasteiger partial charge on any atom is 0.0779 e. The smallest absolute Gasteiger partial charge is 0.0779 e. The summed E-state index contributed by atoms with van der Waals surface area (Å²) in [6, 6.07) is 7.41. The molecule has 0 radical (unpaired) electrons. The third kappa shape index (κ3) is 1.55. The van der Waals surface area contributed by atoms with Crippen LogP contribution in [-0.2, 0) is 0 Å². The molecule has 0 saturated heterocycles. The van der Waals surface area contributed by atoms with Gasteiger partial charge in [0.2, 0.25) is 0 Å². The van der Waals surface area contributed by atoms with Gasteiger partial charge in [-0.05, 0) is 19.1 Å². The number of nitrogens with one attached hydrogen (secondary N) is 1. The first-order chi connectivity index (χ1) is 6.68.